The Bertz CT molecular complexity index is 871. The van der Waals surface area contributed by atoms with E-state index < -0.39 is 5.97 Å². The van der Waals surface area contributed by atoms with Crippen LogP contribution in [0.1, 0.15) is 27.9 Å². The molecule has 23 heavy (non-hydrogen) atoms. The molecule has 0 fully saturated rings. The van der Waals surface area contributed by atoms with Crippen molar-refractivity contribution in [3.63, 3.8) is 0 Å². The van der Waals surface area contributed by atoms with E-state index in [1.54, 1.807) is 4.68 Å². The third-order valence-corrected chi connectivity index (χ3v) is 5.93. The number of hydrogen-bond donors (Lipinski definition) is 1. The van der Waals surface area contributed by atoms with Gasteiger partial charge < -0.3 is 5.11 Å². The minimum absolute atomic E-state index is 0.123. The van der Waals surface area contributed by atoms with Crippen LogP contribution in [-0.4, -0.2) is 25.8 Å². The smallest absolute Gasteiger partial charge is 0.355 e. The molecule has 0 atom stereocenters. The van der Waals surface area contributed by atoms with Crippen LogP contribution in [-0.2, 0) is 6.42 Å². The van der Waals surface area contributed by atoms with Gasteiger partial charge in [0.2, 0.25) is 5.13 Å². The quantitative estimate of drug-likeness (QED) is 0.620. The largest absolute Gasteiger partial charge is 0.476 e. The molecule has 118 valence electrons. The van der Waals surface area contributed by atoms with E-state index in [1.165, 1.54) is 11.3 Å². The van der Waals surface area contributed by atoms with Gasteiger partial charge in [0.25, 0.3) is 0 Å². The van der Waals surface area contributed by atoms with E-state index >= 15 is 0 Å². The third-order valence-electron chi connectivity index (χ3n) is 3.49. The number of aromatic nitrogens is 3. The highest BCUT2D eigenvalue weighted by Gasteiger charge is 2.21. The number of aryl methyl sites for hydroxylation is 1. The highest BCUT2D eigenvalue weighted by Crippen LogP contribution is 2.30. The predicted octanol–water partition coefficient (Wildman–Crippen LogP) is 4.17. The van der Waals surface area contributed by atoms with Crippen LogP contribution in [0.5, 0.6) is 0 Å². The van der Waals surface area contributed by atoms with Crippen LogP contribution in [0.2, 0.25) is 0 Å². The van der Waals surface area contributed by atoms with E-state index in [9.17, 15) is 9.90 Å². The molecule has 2 heterocycles. The summed E-state index contributed by atoms with van der Waals surface area (Å²) in [6, 6.07) is 9.94. The molecule has 0 unspecified atom stereocenters. The van der Waals surface area contributed by atoms with Crippen LogP contribution in [0.15, 0.2) is 30.3 Å². The van der Waals surface area contributed by atoms with Crippen LogP contribution < -0.4 is 0 Å². The van der Waals surface area contributed by atoms with Gasteiger partial charge in [0.15, 0.2) is 5.69 Å². The summed E-state index contributed by atoms with van der Waals surface area (Å²) in [6.07, 6.45) is 0.641. The lowest BCUT2D eigenvalue weighted by Crippen LogP contribution is -2.03. The lowest BCUT2D eigenvalue weighted by Gasteiger charge is -1.97. The number of thiazole rings is 1. The van der Waals surface area contributed by atoms with Gasteiger partial charge in [-0.25, -0.2) is 9.78 Å². The molecule has 0 saturated heterocycles. The Balaban J connectivity index is 2.13. The average Bonchev–Trinajstić information content (AvgIpc) is 3.11. The molecule has 0 saturated carbocycles. The Morgan fingerprint density at radius 1 is 1.35 bits per heavy atom. The second-order valence-electron chi connectivity index (χ2n) is 4.97. The van der Waals surface area contributed by atoms with E-state index in [0.29, 0.717) is 11.6 Å². The maximum Gasteiger partial charge on any atom is 0.355 e. The van der Waals surface area contributed by atoms with Gasteiger partial charge in [-0.15, -0.1) is 0 Å². The summed E-state index contributed by atoms with van der Waals surface area (Å²) in [6.45, 7) is 3.94. The first-order chi connectivity index (χ1) is 11.0. The van der Waals surface area contributed by atoms with Gasteiger partial charge in [0.05, 0.1) is 5.69 Å². The molecule has 7 heteroatoms. The van der Waals surface area contributed by atoms with Gasteiger partial charge in [-0.05, 0) is 35.9 Å². The van der Waals surface area contributed by atoms with Gasteiger partial charge in [-0.3, -0.25) is 0 Å². The molecule has 2 aromatic heterocycles. The SMILES string of the molecule is CCc1sc(-n2nc(-c3ccccc3)c(C)c2I)nc1C(=O)O. The number of benzene rings is 1. The lowest BCUT2D eigenvalue weighted by molar-refractivity contribution is 0.0690. The van der Waals surface area contributed by atoms with Crippen molar-refractivity contribution in [1.82, 2.24) is 14.8 Å². The number of carboxylic acid groups (broad SMARTS) is 1. The van der Waals surface area contributed by atoms with Crippen LogP contribution in [0.25, 0.3) is 16.4 Å². The Labute approximate surface area is 151 Å². The third kappa shape index (κ3) is 2.90. The lowest BCUT2D eigenvalue weighted by atomic mass is 10.1. The van der Waals surface area contributed by atoms with Crippen LogP contribution in [0.4, 0.5) is 0 Å². The summed E-state index contributed by atoms with van der Waals surface area (Å²) in [7, 11) is 0. The summed E-state index contributed by atoms with van der Waals surface area (Å²) in [5.41, 5.74) is 3.10. The number of hydrogen-bond acceptors (Lipinski definition) is 4. The normalized spacial score (nSPS) is 10.9. The highest BCUT2D eigenvalue weighted by molar-refractivity contribution is 14.1. The average molecular weight is 439 g/mol. The predicted molar refractivity (Wildman–Crippen MR) is 98.5 cm³/mol. The zero-order chi connectivity index (χ0) is 16.6. The zero-order valence-corrected chi connectivity index (χ0v) is 15.6. The van der Waals surface area contributed by atoms with Gasteiger partial charge in [-0.1, -0.05) is 48.6 Å². The van der Waals surface area contributed by atoms with Crippen LogP contribution in [0.3, 0.4) is 0 Å². The summed E-state index contributed by atoms with van der Waals surface area (Å²) < 4.78 is 2.67. The second kappa shape index (κ2) is 6.40. The molecule has 0 aliphatic rings. The fraction of sp³-hybridized carbons (Fsp3) is 0.188. The molecule has 0 radical (unpaired) electrons. The summed E-state index contributed by atoms with van der Waals surface area (Å²) >= 11 is 3.60. The molecule has 0 amide bonds. The fourth-order valence-corrected chi connectivity index (χ4v) is 4.01. The molecule has 3 rings (SSSR count). The Morgan fingerprint density at radius 2 is 2.04 bits per heavy atom. The Hall–Kier alpha value is -1.74. The van der Waals surface area contributed by atoms with Crippen molar-refractivity contribution in [2.75, 3.05) is 0 Å². The fourth-order valence-electron chi connectivity index (χ4n) is 2.31. The molecule has 0 spiro atoms. The van der Waals surface area contributed by atoms with Crippen LogP contribution in [0, 0.1) is 10.6 Å². The molecular weight excluding hydrogens is 425 g/mol. The van der Waals surface area contributed by atoms with Crippen molar-refractivity contribution in [1.29, 1.82) is 0 Å². The molecule has 0 aliphatic heterocycles. The number of halogens is 1. The number of carboxylic acids is 1. The number of carbonyl (C=O) groups is 1. The summed E-state index contributed by atoms with van der Waals surface area (Å²) in [5, 5.41) is 14.5. The van der Waals surface area contributed by atoms with Crippen molar-refractivity contribution >= 4 is 39.9 Å². The molecule has 0 bridgehead atoms. The first-order valence-corrected chi connectivity index (χ1v) is 8.96. The molecular formula is C16H14IN3O2S. The maximum absolute atomic E-state index is 11.3. The van der Waals surface area contributed by atoms with Crippen molar-refractivity contribution in [3.05, 3.63) is 50.2 Å². The van der Waals surface area contributed by atoms with Gasteiger partial charge in [-0.2, -0.15) is 9.78 Å². The van der Waals surface area contributed by atoms with E-state index in [1.807, 2.05) is 44.2 Å². The van der Waals surface area contributed by atoms with E-state index in [-0.39, 0.29) is 5.69 Å². The van der Waals surface area contributed by atoms with Gasteiger partial charge >= 0.3 is 5.97 Å². The zero-order valence-electron chi connectivity index (χ0n) is 12.6. The topological polar surface area (TPSA) is 68.0 Å². The van der Waals surface area contributed by atoms with Crippen molar-refractivity contribution < 1.29 is 9.90 Å². The van der Waals surface area contributed by atoms with Crippen molar-refractivity contribution in [2.45, 2.75) is 20.3 Å². The van der Waals surface area contributed by atoms with E-state index in [2.05, 4.69) is 32.7 Å². The van der Waals surface area contributed by atoms with Gasteiger partial charge in [0, 0.05) is 16.0 Å². The van der Waals surface area contributed by atoms with E-state index in [4.69, 9.17) is 0 Å². The molecule has 3 aromatic rings. The first kappa shape index (κ1) is 16.1. The molecule has 1 N–H and O–H groups in total. The minimum atomic E-state index is -0.994. The number of rotatable bonds is 4. The molecule has 1 aromatic carbocycles. The summed E-state index contributed by atoms with van der Waals surface area (Å²) in [5.74, 6) is -0.994. The Morgan fingerprint density at radius 3 is 2.61 bits per heavy atom. The number of nitrogens with zero attached hydrogens (tertiary/aromatic N) is 3. The van der Waals surface area contributed by atoms with E-state index in [0.717, 1.165) is 25.4 Å². The molecule has 5 nitrogen and oxygen atoms in total. The summed E-state index contributed by atoms with van der Waals surface area (Å²) in [4.78, 5) is 16.4. The highest BCUT2D eigenvalue weighted by atomic mass is 127. The second-order valence-corrected chi connectivity index (χ2v) is 7.05. The standard InChI is InChI=1S/C16H14IN3O2S/c1-3-11-13(15(21)22)18-16(23-11)20-14(17)9(2)12(19-20)10-7-5-4-6-8-10/h4-8H,3H2,1-2H3,(H,21,22). The first-order valence-electron chi connectivity index (χ1n) is 7.06. The van der Waals surface area contributed by atoms with Crippen molar-refractivity contribution in [2.24, 2.45) is 0 Å². The molecule has 0 aliphatic carbocycles. The number of aromatic carboxylic acids is 1. The van der Waals surface area contributed by atoms with Gasteiger partial charge in [0.1, 0.15) is 3.70 Å². The monoisotopic (exact) mass is 439 g/mol. The minimum Gasteiger partial charge on any atom is -0.476 e. The maximum atomic E-state index is 11.3. The van der Waals surface area contributed by atoms with Crippen LogP contribution >= 0.6 is 33.9 Å². The van der Waals surface area contributed by atoms with Crippen molar-refractivity contribution in [3.8, 4) is 16.4 Å². The Kier molecular flexibility index (Phi) is 4.49.